The van der Waals surface area contributed by atoms with Crippen LogP contribution in [0.4, 0.5) is 10.1 Å². The zero-order valence-corrected chi connectivity index (χ0v) is 11.5. The average Bonchev–Trinajstić information content (AvgIpc) is 2.37. The van der Waals surface area contributed by atoms with E-state index in [9.17, 15) is 9.18 Å². The summed E-state index contributed by atoms with van der Waals surface area (Å²) in [7, 11) is 0. The van der Waals surface area contributed by atoms with E-state index in [1.165, 1.54) is 18.2 Å². The summed E-state index contributed by atoms with van der Waals surface area (Å²) in [6, 6.07) is 4.48. The number of benzene rings is 1. The van der Waals surface area contributed by atoms with Crippen molar-refractivity contribution in [2.24, 2.45) is 0 Å². The molecular formula is C13H17ClFN3O. The van der Waals surface area contributed by atoms with E-state index < -0.39 is 5.82 Å². The van der Waals surface area contributed by atoms with Crippen molar-refractivity contribution in [3.8, 4) is 0 Å². The summed E-state index contributed by atoms with van der Waals surface area (Å²) in [6.45, 7) is 5.03. The van der Waals surface area contributed by atoms with Crippen LogP contribution in [0.2, 0.25) is 5.02 Å². The molecule has 1 aromatic carbocycles. The van der Waals surface area contributed by atoms with Gasteiger partial charge in [0.05, 0.1) is 11.6 Å². The first-order valence-electron chi connectivity index (χ1n) is 6.26. The lowest BCUT2D eigenvalue weighted by Gasteiger charge is -2.33. The Bertz CT molecular complexity index is 469. The number of amides is 1. The fourth-order valence-electron chi connectivity index (χ4n) is 2.08. The van der Waals surface area contributed by atoms with Gasteiger partial charge in [0, 0.05) is 31.4 Å². The van der Waals surface area contributed by atoms with Gasteiger partial charge >= 0.3 is 0 Å². The van der Waals surface area contributed by atoms with Gasteiger partial charge in [0.1, 0.15) is 5.82 Å². The van der Waals surface area contributed by atoms with Gasteiger partial charge in [-0.3, -0.25) is 9.69 Å². The lowest BCUT2D eigenvalue weighted by molar-refractivity contribution is -0.118. The summed E-state index contributed by atoms with van der Waals surface area (Å²) in [5.41, 5.74) is 0.513. The van der Waals surface area contributed by atoms with Gasteiger partial charge in [-0.05, 0) is 25.1 Å². The molecule has 0 saturated carbocycles. The highest BCUT2D eigenvalue weighted by molar-refractivity contribution is 6.31. The van der Waals surface area contributed by atoms with E-state index in [2.05, 4.69) is 22.5 Å². The van der Waals surface area contributed by atoms with E-state index in [0.29, 0.717) is 18.3 Å². The SMILES string of the molecule is C[C@H]1CNCCN1CC(=O)Nc1ccc(F)c(Cl)c1. The molecule has 0 bridgehead atoms. The molecule has 4 nitrogen and oxygen atoms in total. The molecule has 0 radical (unpaired) electrons. The molecule has 2 rings (SSSR count). The summed E-state index contributed by atoms with van der Waals surface area (Å²) in [5, 5.41) is 6.00. The molecule has 6 heteroatoms. The van der Waals surface area contributed by atoms with Gasteiger partial charge in [-0.25, -0.2) is 4.39 Å². The molecule has 1 atom stereocenters. The summed E-state index contributed by atoms with van der Waals surface area (Å²) in [6.07, 6.45) is 0. The molecule has 0 unspecified atom stereocenters. The molecule has 1 amide bonds. The predicted molar refractivity (Wildman–Crippen MR) is 73.9 cm³/mol. The van der Waals surface area contributed by atoms with Crippen molar-refractivity contribution >= 4 is 23.2 Å². The van der Waals surface area contributed by atoms with Crippen LogP contribution in [-0.4, -0.2) is 43.0 Å². The van der Waals surface area contributed by atoms with Crippen LogP contribution < -0.4 is 10.6 Å². The first-order chi connectivity index (χ1) is 9.06. The van der Waals surface area contributed by atoms with Crippen molar-refractivity contribution < 1.29 is 9.18 Å². The number of piperazine rings is 1. The van der Waals surface area contributed by atoms with Gasteiger partial charge in [-0.2, -0.15) is 0 Å². The summed E-state index contributed by atoms with van der Waals surface area (Å²) < 4.78 is 13.0. The molecule has 2 N–H and O–H groups in total. The average molecular weight is 286 g/mol. The molecule has 0 spiro atoms. The van der Waals surface area contributed by atoms with E-state index >= 15 is 0 Å². The predicted octanol–water partition coefficient (Wildman–Crippen LogP) is 1.71. The number of rotatable bonds is 3. The second kappa shape index (κ2) is 6.32. The van der Waals surface area contributed by atoms with Crippen LogP contribution >= 0.6 is 11.6 Å². The van der Waals surface area contributed by atoms with Crippen LogP contribution in [-0.2, 0) is 4.79 Å². The third kappa shape index (κ3) is 3.89. The topological polar surface area (TPSA) is 44.4 Å². The molecule has 1 saturated heterocycles. The number of nitrogens with one attached hydrogen (secondary N) is 2. The van der Waals surface area contributed by atoms with Crippen LogP contribution in [0.3, 0.4) is 0 Å². The van der Waals surface area contributed by atoms with E-state index in [1.54, 1.807) is 0 Å². The third-order valence-electron chi connectivity index (χ3n) is 3.19. The van der Waals surface area contributed by atoms with Gasteiger partial charge in [-0.1, -0.05) is 11.6 Å². The minimum atomic E-state index is -0.490. The molecule has 1 aromatic rings. The molecule has 1 fully saturated rings. The van der Waals surface area contributed by atoms with Crippen LogP contribution in [0.5, 0.6) is 0 Å². The van der Waals surface area contributed by atoms with Crippen LogP contribution in [0.15, 0.2) is 18.2 Å². The van der Waals surface area contributed by atoms with Gasteiger partial charge in [0.25, 0.3) is 0 Å². The Labute approximate surface area is 116 Å². The maximum Gasteiger partial charge on any atom is 0.238 e. The highest BCUT2D eigenvalue weighted by Crippen LogP contribution is 2.19. The van der Waals surface area contributed by atoms with Crippen LogP contribution in [0, 0.1) is 5.82 Å². The van der Waals surface area contributed by atoms with Gasteiger partial charge in [0.2, 0.25) is 5.91 Å². The molecule has 1 heterocycles. The number of carbonyl (C=O) groups is 1. The highest BCUT2D eigenvalue weighted by Gasteiger charge is 2.20. The standard InChI is InChI=1S/C13H17ClFN3O/c1-9-7-16-4-5-18(9)8-13(19)17-10-2-3-12(15)11(14)6-10/h2-3,6,9,16H,4-5,7-8H2,1H3,(H,17,19)/t9-/m0/s1. The van der Waals surface area contributed by atoms with Gasteiger partial charge in [0.15, 0.2) is 0 Å². The maximum atomic E-state index is 13.0. The van der Waals surface area contributed by atoms with Crippen molar-refractivity contribution in [1.82, 2.24) is 10.2 Å². The maximum absolute atomic E-state index is 13.0. The largest absolute Gasteiger partial charge is 0.325 e. The number of hydrogen-bond acceptors (Lipinski definition) is 3. The number of carbonyl (C=O) groups excluding carboxylic acids is 1. The zero-order valence-electron chi connectivity index (χ0n) is 10.7. The third-order valence-corrected chi connectivity index (χ3v) is 3.48. The van der Waals surface area contributed by atoms with E-state index in [0.717, 1.165) is 19.6 Å². The molecule has 1 aliphatic heterocycles. The number of nitrogens with zero attached hydrogens (tertiary/aromatic N) is 1. The van der Waals surface area contributed by atoms with Crippen LogP contribution in [0.25, 0.3) is 0 Å². The molecule has 0 aliphatic carbocycles. The summed E-state index contributed by atoms with van der Waals surface area (Å²) in [4.78, 5) is 14.0. The summed E-state index contributed by atoms with van der Waals surface area (Å²) >= 11 is 5.67. The van der Waals surface area contributed by atoms with Crippen molar-refractivity contribution in [2.45, 2.75) is 13.0 Å². The number of halogens is 2. The number of anilines is 1. The van der Waals surface area contributed by atoms with Gasteiger partial charge in [-0.15, -0.1) is 0 Å². The minimum absolute atomic E-state index is 0.00772. The monoisotopic (exact) mass is 285 g/mol. The van der Waals surface area contributed by atoms with Gasteiger partial charge < -0.3 is 10.6 Å². The van der Waals surface area contributed by atoms with E-state index in [1.807, 2.05) is 0 Å². The Morgan fingerprint density at radius 2 is 2.42 bits per heavy atom. The molecule has 1 aliphatic rings. The Hall–Kier alpha value is -1.17. The molecular weight excluding hydrogens is 269 g/mol. The van der Waals surface area contributed by atoms with E-state index in [-0.39, 0.29) is 10.9 Å². The van der Waals surface area contributed by atoms with E-state index in [4.69, 9.17) is 11.6 Å². The number of hydrogen-bond donors (Lipinski definition) is 2. The second-order valence-corrected chi connectivity index (χ2v) is 5.11. The quantitative estimate of drug-likeness (QED) is 0.889. The zero-order chi connectivity index (χ0) is 13.8. The lowest BCUT2D eigenvalue weighted by Crippen LogP contribution is -2.51. The fourth-order valence-corrected chi connectivity index (χ4v) is 2.26. The highest BCUT2D eigenvalue weighted by atomic mass is 35.5. The first-order valence-corrected chi connectivity index (χ1v) is 6.64. The fraction of sp³-hybridized carbons (Fsp3) is 0.462. The van der Waals surface area contributed by atoms with Crippen molar-refractivity contribution in [3.05, 3.63) is 29.0 Å². The molecule has 19 heavy (non-hydrogen) atoms. The first kappa shape index (κ1) is 14.2. The summed E-state index contributed by atoms with van der Waals surface area (Å²) in [5.74, 6) is -0.605. The lowest BCUT2D eigenvalue weighted by atomic mass is 10.2. The Morgan fingerprint density at radius 3 is 3.11 bits per heavy atom. The molecule has 104 valence electrons. The Kier molecular flexibility index (Phi) is 4.74. The Morgan fingerprint density at radius 1 is 1.63 bits per heavy atom. The van der Waals surface area contributed by atoms with Crippen molar-refractivity contribution in [3.63, 3.8) is 0 Å². The normalized spacial score (nSPS) is 20.3. The van der Waals surface area contributed by atoms with Crippen molar-refractivity contribution in [2.75, 3.05) is 31.5 Å². The van der Waals surface area contributed by atoms with Crippen molar-refractivity contribution in [1.29, 1.82) is 0 Å². The minimum Gasteiger partial charge on any atom is -0.325 e. The van der Waals surface area contributed by atoms with Crippen LogP contribution in [0.1, 0.15) is 6.92 Å². The molecule has 0 aromatic heterocycles. The second-order valence-electron chi connectivity index (χ2n) is 4.70. The Balaban J connectivity index is 1.91. The smallest absolute Gasteiger partial charge is 0.238 e.